The minimum atomic E-state index is -0.316. The van der Waals surface area contributed by atoms with E-state index in [0.29, 0.717) is 12.3 Å². The molecule has 164 valence electrons. The highest BCUT2D eigenvalue weighted by Gasteiger charge is 2.46. The molecule has 2 aromatic rings. The monoisotopic (exact) mass is 424 g/mol. The number of hydrogen-bond donors (Lipinski definition) is 1. The molecule has 0 bridgehead atoms. The molecule has 2 aliphatic heterocycles. The minimum absolute atomic E-state index is 0.104. The van der Waals surface area contributed by atoms with Crippen molar-refractivity contribution in [2.24, 2.45) is 0 Å². The van der Waals surface area contributed by atoms with Crippen LogP contribution in [0.5, 0.6) is 11.5 Å². The normalized spacial score (nSPS) is 19.7. The third-order valence-corrected chi connectivity index (χ3v) is 6.04. The number of amides is 2. The van der Waals surface area contributed by atoms with Crippen LogP contribution < -0.4 is 24.2 Å². The molecule has 1 atom stereocenters. The molecule has 0 aliphatic carbocycles. The van der Waals surface area contributed by atoms with Gasteiger partial charge in [-0.2, -0.15) is 0 Å². The average molecular weight is 425 g/mol. The van der Waals surface area contributed by atoms with Crippen LogP contribution in [0.3, 0.4) is 0 Å². The zero-order chi connectivity index (χ0) is 21.8. The molecule has 2 heterocycles. The number of anilines is 2. The van der Waals surface area contributed by atoms with Gasteiger partial charge in [-0.05, 0) is 42.8 Å². The van der Waals surface area contributed by atoms with Crippen molar-refractivity contribution in [2.75, 3.05) is 49.7 Å². The van der Waals surface area contributed by atoms with Crippen molar-refractivity contribution in [3.8, 4) is 11.5 Å². The van der Waals surface area contributed by atoms with Gasteiger partial charge in [-0.3, -0.25) is 9.59 Å². The number of hydrogen-bond acceptors (Lipinski definition) is 5. The van der Waals surface area contributed by atoms with Crippen molar-refractivity contribution in [1.82, 2.24) is 0 Å². The lowest BCUT2D eigenvalue weighted by molar-refractivity contribution is -0.915. The summed E-state index contributed by atoms with van der Waals surface area (Å²) in [5.74, 6) is 1.37. The Kier molecular flexibility index (Phi) is 6.42. The second-order valence-corrected chi connectivity index (χ2v) is 7.98. The first kappa shape index (κ1) is 21.2. The summed E-state index contributed by atoms with van der Waals surface area (Å²) >= 11 is 0. The van der Waals surface area contributed by atoms with Gasteiger partial charge in [0.15, 0.2) is 6.04 Å². The molecule has 0 radical (unpaired) electrons. The maximum absolute atomic E-state index is 13.1. The van der Waals surface area contributed by atoms with Crippen LogP contribution in [0.25, 0.3) is 0 Å². The van der Waals surface area contributed by atoms with Gasteiger partial charge in [-0.15, -0.1) is 0 Å². The zero-order valence-electron chi connectivity index (χ0n) is 18.2. The lowest BCUT2D eigenvalue weighted by Crippen LogP contribution is -3.19. The lowest BCUT2D eigenvalue weighted by atomic mass is 10.1. The van der Waals surface area contributed by atoms with Gasteiger partial charge in [-0.25, -0.2) is 4.90 Å². The number of para-hydroxylation sites is 2. The maximum Gasteiger partial charge on any atom is 0.292 e. The number of benzene rings is 2. The standard InChI is InChI=1S/C24H29N3O4/c1-3-16-31-19-10-8-18(9-11-19)27-23(28)17-21(24(27)29)26-14-12-25(13-15-26)20-6-4-5-7-22(20)30-2/h4-11,21H,3,12-17H2,1-2H3/p+1/t21-/m1/s1. The fourth-order valence-corrected chi connectivity index (χ4v) is 4.41. The van der Waals surface area contributed by atoms with E-state index in [1.165, 1.54) is 9.80 Å². The Balaban J connectivity index is 1.40. The number of methoxy groups -OCH3 is 1. The van der Waals surface area contributed by atoms with Gasteiger partial charge in [0.1, 0.15) is 11.5 Å². The number of piperazine rings is 1. The molecule has 2 saturated heterocycles. The van der Waals surface area contributed by atoms with Gasteiger partial charge < -0.3 is 19.3 Å². The third-order valence-electron chi connectivity index (χ3n) is 6.04. The Hall–Kier alpha value is -3.06. The second-order valence-electron chi connectivity index (χ2n) is 7.98. The Bertz CT molecular complexity index is 923. The van der Waals surface area contributed by atoms with Crippen molar-refractivity contribution in [2.45, 2.75) is 25.8 Å². The molecule has 1 N–H and O–H groups in total. The molecule has 2 aliphatic rings. The highest BCUT2D eigenvalue weighted by atomic mass is 16.5. The molecule has 2 fully saturated rings. The summed E-state index contributed by atoms with van der Waals surface area (Å²) in [6, 6.07) is 14.9. The van der Waals surface area contributed by atoms with Crippen molar-refractivity contribution in [3.63, 3.8) is 0 Å². The van der Waals surface area contributed by atoms with Crippen LogP contribution in [0.15, 0.2) is 48.5 Å². The van der Waals surface area contributed by atoms with Crippen LogP contribution in [0.1, 0.15) is 19.8 Å². The van der Waals surface area contributed by atoms with Gasteiger partial charge in [0.2, 0.25) is 5.91 Å². The van der Waals surface area contributed by atoms with Crippen LogP contribution in [0, 0.1) is 0 Å². The minimum Gasteiger partial charge on any atom is -0.495 e. The number of ether oxygens (including phenoxy) is 2. The summed E-state index contributed by atoms with van der Waals surface area (Å²) in [6.07, 6.45) is 1.19. The zero-order valence-corrected chi connectivity index (χ0v) is 18.2. The summed E-state index contributed by atoms with van der Waals surface area (Å²) in [5, 5.41) is 0. The van der Waals surface area contributed by atoms with Crippen LogP contribution in [0.2, 0.25) is 0 Å². The summed E-state index contributed by atoms with van der Waals surface area (Å²) in [7, 11) is 1.68. The number of rotatable bonds is 7. The second kappa shape index (κ2) is 9.39. The van der Waals surface area contributed by atoms with E-state index in [2.05, 4.69) is 17.9 Å². The first-order chi connectivity index (χ1) is 15.1. The van der Waals surface area contributed by atoms with E-state index < -0.39 is 0 Å². The van der Waals surface area contributed by atoms with Gasteiger partial charge in [0.25, 0.3) is 5.91 Å². The molecule has 0 spiro atoms. The molecule has 2 aromatic carbocycles. The van der Waals surface area contributed by atoms with Crippen LogP contribution in [-0.4, -0.2) is 57.8 Å². The van der Waals surface area contributed by atoms with Crippen LogP contribution in [0.4, 0.5) is 11.4 Å². The number of quaternary nitrogens is 1. The molecule has 4 rings (SSSR count). The van der Waals surface area contributed by atoms with E-state index in [1.54, 1.807) is 19.2 Å². The molecule has 7 heteroatoms. The molecule has 2 amide bonds. The van der Waals surface area contributed by atoms with E-state index in [4.69, 9.17) is 9.47 Å². The maximum atomic E-state index is 13.1. The third kappa shape index (κ3) is 4.37. The fourth-order valence-electron chi connectivity index (χ4n) is 4.41. The molecule has 7 nitrogen and oxygen atoms in total. The highest BCUT2D eigenvalue weighted by molar-refractivity contribution is 6.21. The Morgan fingerprint density at radius 1 is 1.03 bits per heavy atom. The first-order valence-electron chi connectivity index (χ1n) is 10.9. The summed E-state index contributed by atoms with van der Waals surface area (Å²) in [4.78, 5) is 30.6. The molecular formula is C24H30N3O4+. The fraction of sp³-hybridized carbons (Fsp3) is 0.417. The Labute approximate surface area is 183 Å². The van der Waals surface area contributed by atoms with Gasteiger partial charge in [0, 0.05) is 0 Å². The quantitative estimate of drug-likeness (QED) is 0.683. The van der Waals surface area contributed by atoms with Crippen molar-refractivity contribution >= 4 is 23.2 Å². The molecule has 0 saturated carbocycles. The topological polar surface area (TPSA) is 63.5 Å². The van der Waals surface area contributed by atoms with E-state index in [-0.39, 0.29) is 24.3 Å². The van der Waals surface area contributed by atoms with Crippen LogP contribution >= 0.6 is 0 Å². The van der Waals surface area contributed by atoms with E-state index >= 15 is 0 Å². The van der Waals surface area contributed by atoms with Crippen molar-refractivity contribution < 1.29 is 24.0 Å². The number of nitrogens with zero attached hydrogens (tertiary/aromatic N) is 2. The number of carbonyl (C=O) groups is 2. The number of carbonyl (C=O) groups excluding carboxylic acids is 2. The summed E-state index contributed by atoms with van der Waals surface area (Å²) in [5.41, 5.74) is 1.69. The predicted octanol–water partition coefficient (Wildman–Crippen LogP) is 1.52. The van der Waals surface area contributed by atoms with E-state index in [0.717, 1.165) is 49.8 Å². The Morgan fingerprint density at radius 2 is 1.74 bits per heavy atom. The largest absolute Gasteiger partial charge is 0.495 e. The average Bonchev–Trinajstić information content (AvgIpc) is 3.12. The van der Waals surface area contributed by atoms with Crippen molar-refractivity contribution in [1.29, 1.82) is 0 Å². The SMILES string of the molecule is CCCOc1ccc(N2C(=O)C[C@@H]([NH+]3CCN(c4ccccc4OC)CC3)C2=O)cc1. The lowest BCUT2D eigenvalue weighted by Gasteiger charge is -2.36. The first-order valence-corrected chi connectivity index (χ1v) is 10.9. The number of nitrogens with one attached hydrogen (secondary N) is 1. The summed E-state index contributed by atoms with van der Waals surface area (Å²) < 4.78 is 11.1. The molecular weight excluding hydrogens is 394 g/mol. The highest BCUT2D eigenvalue weighted by Crippen LogP contribution is 2.28. The molecule has 0 aromatic heterocycles. The molecule has 31 heavy (non-hydrogen) atoms. The van der Waals surface area contributed by atoms with Gasteiger partial charge in [-0.1, -0.05) is 19.1 Å². The molecule has 0 unspecified atom stereocenters. The van der Waals surface area contributed by atoms with Crippen LogP contribution in [-0.2, 0) is 9.59 Å². The van der Waals surface area contributed by atoms with E-state index in [9.17, 15) is 9.59 Å². The predicted molar refractivity (Wildman–Crippen MR) is 119 cm³/mol. The smallest absolute Gasteiger partial charge is 0.292 e. The van der Waals surface area contributed by atoms with Gasteiger partial charge >= 0.3 is 0 Å². The van der Waals surface area contributed by atoms with Gasteiger partial charge in [0.05, 0.1) is 57.7 Å². The summed E-state index contributed by atoms with van der Waals surface area (Å²) in [6.45, 7) is 5.94. The number of imide groups is 1. The Morgan fingerprint density at radius 3 is 2.42 bits per heavy atom. The van der Waals surface area contributed by atoms with Crippen molar-refractivity contribution in [3.05, 3.63) is 48.5 Å². The van der Waals surface area contributed by atoms with E-state index in [1.807, 2.05) is 30.3 Å².